The third-order valence-corrected chi connectivity index (χ3v) is 2.60. The summed E-state index contributed by atoms with van der Waals surface area (Å²) in [5.74, 6) is -0.274. The van der Waals surface area contributed by atoms with Crippen molar-refractivity contribution in [2.75, 3.05) is 0 Å². The van der Waals surface area contributed by atoms with Crippen molar-refractivity contribution in [3.8, 4) is 0 Å². The van der Waals surface area contributed by atoms with Crippen molar-refractivity contribution in [2.24, 2.45) is 0 Å². The van der Waals surface area contributed by atoms with Gasteiger partial charge >= 0.3 is 5.69 Å². The van der Waals surface area contributed by atoms with E-state index < -0.39 is 0 Å². The lowest BCUT2D eigenvalue weighted by molar-refractivity contribution is 0.619. The van der Waals surface area contributed by atoms with Crippen LogP contribution in [0.25, 0.3) is 0 Å². The minimum atomic E-state index is -0.276. The van der Waals surface area contributed by atoms with Crippen molar-refractivity contribution >= 4 is 12.2 Å². The van der Waals surface area contributed by atoms with E-state index >= 15 is 0 Å². The number of hydrogen-bond donors (Lipinski definition) is 2. The minimum Gasteiger partial charge on any atom is -0.272 e. The maximum absolute atomic E-state index is 12.9. The normalized spacial score (nSPS) is 10.6. The number of halogens is 1. The van der Waals surface area contributed by atoms with Crippen LogP contribution in [0, 0.1) is 10.6 Å². The van der Waals surface area contributed by atoms with E-state index in [0.717, 1.165) is 5.56 Å². The van der Waals surface area contributed by atoms with Gasteiger partial charge in [-0.1, -0.05) is 12.1 Å². The molecule has 2 rings (SSSR count). The predicted octanol–water partition coefficient (Wildman–Crippen LogP) is 1.62. The molecule has 0 radical (unpaired) electrons. The van der Waals surface area contributed by atoms with Crippen LogP contribution in [0.2, 0.25) is 0 Å². The number of H-pyrrole nitrogens is 2. The largest absolute Gasteiger partial charge is 0.342 e. The quantitative estimate of drug-likeness (QED) is 0.800. The Balaban J connectivity index is 2.14. The van der Waals surface area contributed by atoms with Crippen LogP contribution in [0.5, 0.6) is 0 Å². The number of nitrogens with one attached hydrogen (secondary N) is 2. The second kappa shape index (κ2) is 4.44. The van der Waals surface area contributed by atoms with Crippen molar-refractivity contribution < 1.29 is 4.39 Å². The highest BCUT2D eigenvalue weighted by Gasteiger charge is 2.01. The fourth-order valence-corrected chi connectivity index (χ4v) is 1.70. The highest BCUT2D eigenvalue weighted by Crippen LogP contribution is 2.04. The van der Waals surface area contributed by atoms with Crippen LogP contribution in [-0.2, 0) is 13.0 Å². The highest BCUT2D eigenvalue weighted by molar-refractivity contribution is 7.71. The number of hydrogen-bond acceptors (Lipinski definition) is 2. The Bertz CT molecular complexity index is 571. The average Bonchev–Trinajstić information content (AvgIpc) is 2.56. The second-order valence-corrected chi connectivity index (χ2v) is 3.78. The Hall–Kier alpha value is -1.69. The Morgan fingerprint density at radius 1 is 1.38 bits per heavy atom. The van der Waals surface area contributed by atoms with Gasteiger partial charge in [-0.3, -0.25) is 9.67 Å². The monoisotopic (exact) mass is 239 g/mol. The van der Waals surface area contributed by atoms with E-state index in [1.54, 1.807) is 6.07 Å². The summed E-state index contributed by atoms with van der Waals surface area (Å²) in [7, 11) is 0. The molecule has 4 nitrogen and oxygen atoms in total. The summed E-state index contributed by atoms with van der Waals surface area (Å²) in [5, 5.41) is 4.94. The highest BCUT2D eigenvalue weighted by atomic mass is 32.1. The molecule has 1 aromatic carbocycles. The molecule has 84 valence electrons. The van der Waals surface area contributed by atoms with Crippen molar-refractivity contribution in [1.82, 2.24) is 14.8 Å². The molecule has 0 fully saturated rings. The smallest absolute Gasteiger partial charge is 0.272 e. The van der Waals surface area contributed by atoms with E-state index in [2.05, 4.69) is 10.2 Å². The van der Waals surface area contributed by atoms with Crippen LogP contribution in [0.4, 0.5) is 4.39 Å². The van der Waals surface area contributed by atoms with Gasteiger partial charge in [-0.15, -0.1) is 0 Å². The summed E-state index contributed by atoms with van der Waals surface area (Å²) < 4.78 is 14.6. The zero-order valence-corrected chi connectivity index (χ0v) is 9.18. The van der Waals surface area contributed by atoms with Gasteiger partial charge in [0.2, 0.25) is 0 Å². The molecule has 0 amide bonds. The summed E-state index contributed by atoms with van der Waals surface area (Å²) in [5.41, 5.74) is 0.559. The van der Waals surface area contributed by atoms with Crippen LogP contribution in [0.3, 0.4) is 0 Å². The number of nitrogens with zero attached hydrogens (tertiary/aromatic N) is 1. The molecule has 0 aliphatic rings. The molecule has 6 heteroatoms. The Labute approximate surface area is 95.7 Å². The number of aromatic nitrogens is 3. The molecule has 0 bridgehead atoms. The van der Waals surface area contributed by atoms with Crippen LogP contribution < -0.4 is 5.69 Å². The number of benzene rings is 1. The molecular weight excluding hydrogens is 229 g/mol. The van der Waals surface area contributed by atoms with Crippen LogP contribution >= 0.6 is 12.2 Å². The lowest BCUT2D eigenvalue weighted by atomic mass is 10.1. The first kappa shape index (κ1) is 10.8. The number of rotatable bonds is 3. The third-order valence-electron chi connectivity index (χ3n) is 2.28. The van der Waals surface area contributed by atoms with E-state index in [-0.39, 0.29) is 11.5 Å². The van der Waals surface area contributed by atoms with Crippen molar-refractivity contribution in [1.29, 1.82) is 0 Å². The Morgan fingerprint density at radius 2 is 2.19 bits per heavy atom. The fraction of sp³-hybridized carbons (Fsp3) is 0.200. The molecule has 0 spiro atoms. The van der Waals surface area contributed by atoms with E-state index in [4.69, 9.17) is 12.2 Å². The van der Waals surface area contributed by atoms with Crippen molar-refractivity contribution in [2.45, 2.75) is 13.0 Å². The van der Waals surface area contributed by atoms with E-state index in [0.29, 0.717) is 17.7 Å². The van der Waals surface area contributed by atoms with Gasteiger partial charge in [0.05, 0.1) is 0 Å². The van der Waals surface area contributed by atoms with Gasteiger partial charge in [0.15, 0.2) is 4.77 Å². The topological polar surface area (TPSA) is 53.6 Å². The summed E-state index contributed by atoms with van der Waals surface area (Å²) in [6, 6.07) is 6.29. The first-order valence-electron chi connectivity index (χ1n) is 4.79. The number of aromatic amines is 2. The summed E-state index contributed by atoms with van der Waals surface area (Å²) >= 11 is 4.92. The van der Waals surface area contributed by atoms with E-state index in [1.807, 2.05) is 6.07 Å². The van der Waals surface area contributed by atoms with Crippen LogP contribution in [-0.4, -0.2) is 14.8 Å². The molecule has 0 atom stereocenters. The zero-order chi connectivity index (χ0) is 11.5. The van der Waals surface area contributed by atoms with Gasteiger partial charge in [0.1, 0.15) is 5.82 Å². The number of aryl methyl sites for hydroxylation is 1. The fourth-order valence-electron chi connectivity index (χ4n) is 1.47. The van der Waals surface area contributed by atoms with Gasteiger partial charge < -0.3 is 0 Å². The van der Waals surface area contributed by atoms with Crippen molar-refractivity contribution in [3.63, 3.8) is 0 Å². The molecule has 1 aromatic heterocycles. The molecule has 0 aliphatic carbocycles. The predicted molar refractivity (Wildman–Crippen MR) is 60.3 cm³/mol. The SMILES string of the molecule is O=c1[nH][nH]c(=S)n1CCc1cccc(F)c1. The minimum absolute atomic E-state index is 0.274. The summed E-state index contributed by atoms with van der Waals surface area (Å²) in [6.07, 6.45) is 0.562. The van der Waals surface area contributed by atoms with Crippen molar-refractivity contribution in [3.05, 3.63) is 50.9 Å². The zero-order valence-electron chi connectivity index (χ0n) is 8.37. The van der Waals surface area contributed by atoms with Gasteiger partial charge in [0.25, 0.3) is 0 Å². The molecule has 0 unspecified atom stereocenters. The standard InChI is InChI=1S/C10H10FN3OS/c11-8-3-1-2-7(6-8)4-5-14-9(15)12-13-10(14)16/h1-3,6H,4-5H2,(H,12,15)(H,13,16). The maximum Gasteiger partial charge on any atom is 0.342 e. The van der Waals surface area contributed by atoms with E-state index in [9.17, 15) is 9.18 Å². The average molecular weight is 239 g/mol. The first-order chi connectivity index (χ1) is 7.66. The molecular formula is C10H10FN3OS. The second-order valence-electron chi connectivity index (χ2n) is 3.39. The summed E-state index contributed by atoms with van der Waals surface area (Å²) in [6.45, 7) is 0.432. The lowest BCUT2D eigenvalue weighted by Crippen LogP contribution is -2.18. The lowest BCUT2D eigenvalue weighted by Gasteiger charge is -2.01. The Morgan fingerprint density at radius 3 is 2.81 bits per heavy atom. The molecule has 0 aliphatic heterocycles. The van der Waals surface area contributed by atoms with E-state index in [1.165, 1.54) is 16.7 Å². The molecule has 16 heavy (non-hydrogen) atoms. The van der Waals surface area contributed by atoms with Gasteiger partial charge in [-0.05, 0) is 36.3 Å². The molecule has 0 saturated heterocycles. The summed E-state index contributed by atoms with van der Waals surface area (Å²) in [4.78, 5) is 11.3. The van der Waals surface area contributed by atoms with Gasteiger partial charge in [0, 0.05) is 6.54 Å². The molecule has 2 N–H and O–H groups in total. The molecule has 2 aromatic rings. The first-order valence-corrected chi connectivity index (χ1v) is 5.19. The van der Waals surface area contributed by atoms with Crippen LogP contribution in [0.1, 0.15) is 5.56 Å². The van der Waals surface area contributed by atoms with Crippen LogP contribution in [0.15, 0.2) is 29.1 Å². The third kappa shape index (κ3) is 2.27. The van der Waals surface area contributed by atoms with Gasteiger partial charge in [-0.25, -0.2) is 14.3 Å². The molecule has 0 saturated carbocycles. The van der Waals surface area contributed by atoms with Gasteiger partial charge in [-0.2, -0.15) is 0 Å². The Kier molecular flexibility index (Phi) is 3.00. The molecule has 1 heterocycles. The maximum atomic E-state index is 12.9.